The SMILES string of the molecule is C[SiH2]O.[H-].[K+]. The summed E-state index contributed by atoms with van der Waals surface area (Å²) in [5, 5.41) is 0. The molecule has 1 nitrogen and oxygen atoms in total. The Morgan fingerprint density at radius 2 is 2.00 bits per heavy atom. The average molecular weight is 102 g/mol. The molecule has 3 heteroatoms. The molecule has 0 amide bonds. The Hall–Kier alpha value is 1.81. The number of hydrogen-bond acceptors (Lipinski definition) is 1. The predicted octanol–water partition coefficient (Wildman–Crippen LogP) is -3.77. The van der Waals surface area contributed by atoms with E-state index < -0.39 is 9.76 Å². The minimum Gasteiger partial charge on any atom is -1.00 e. The van der Waals surface area contributed by atoms with E-state index in [1.807, 2.05) is 6.55 Å². The first-order valence-electron chi connectivity index (χ1n) is 1.02. The summed E-state index contributed by atoms with van der Waals surface area (Å²) in [5.41, 5.74) is 0. The van der Waals surface area contributed by atoms with Gasteiger partial charge in [-0.15, -0.1) is 0 Å². The predicted molar refractivity (Wildman–Crippen MR) is 17.7 cm³/mol. The van der Waals surface area contributed by atoms with Crippen LogP contribution in [0.25, 0.3) is 0 Å². The van der Waals surface area contributed by atoms with Crippen LogP contribution in [0.5, 0.6) is 0 Å². The van der Waals surface area contributed by atoms with Crippen LogP contribution in [-0.2, 0) is 0 Å². The zero-order valence-corrected chi connectivity index (χ0v) is 7.69. The Morgan fingerprint density at radius 3 is 2.00 bits per heavy atom. The van der Waals surface area contributed by atoms with Gasteiger partial charge in [0.25, 0.3) is 0 Å². The van der Waals surface area contributed by atoms with E-state index in [1.54, 1.807) is 0 Å². The van der Waals surface area contributed by atoms with Crippen LogP contribution in [0.15, 0.2) is 0 Å². The minimum atomic E-state index is -0.583. The van der Waals surface area contributed by atoms with Crippen LogP contribution in [0.4, 0.5) is 0 Å². The third kappa shape index (κ3) is 9.18. The molecule has 4 heavy (non-hydrogen) atoms. The van der Waals surface area contributed by atoms with E-state index >= 15 is 0 Å². The van der Waals surface area contributed by atoms with Crippen LogP contribution in [0.3, 0.4) is 0 Å². The second-order valence-corrected chi connectivity index (χ2v) is 0.949. The summed E-state index contributed by atoms with van der Waals surface area (Å²) in [6.07, 6.45) is 0. The van der Waals surface area contributed by atoms with Crippen molar-refractivity contribution < 1.29 is 57.6 Å². The maximum absolute atomic E-state index is 7.71. The maximum atomic E-state index is 7.71. The minimum absolute atomic E-state index is 0. The van der Waals surface area contributed by atoms with Crippen molar-refractivity contribution in [2.24, 2.45) is 0 Å². The molecule has 0 fully saturated rings. The second-order valence-electron chi connectivity index (χ2n) is 0.316. The molecule has 0 spiro atoms. The first-order chi connectivity index (χ1) is 1.41. The van der Waals surface area contributed by atoms with Gasteiger partial charge in [-0.1, -0.05) is 6.55 Å². The van der Waals surface area contributed by atoms with E-state index in [9.17, 15) is 0 Å². The van der Waals surface area contributed by atoms with Crippen LogP contribution in [0.2, 0.25) is 6.55 Å². The maximum Gasteiger partial charge on any atom is 1.00 e. The van der Waals surface area contributed by atoms with Crippen molar-refractivity contribution in [3.8, 4) is 0 Å². The molecule has 0 aliphatic heterocycles. The summed E-state index contributed by atoms with van der Waals surface area (Å²) < 4.78 is 0. The normalized spacial score (nSPS) is 7.50. The first kappa shape index (κ1) is 9.26. The van der Waals surface area contributed by atoms with E-state index in [4.69, 9.17) is 4.80 Å². The molecule has 0 aromatic carbocycles. The van der Waals surface area contributed by atoms with Gasteiger partial charge in [-0.05, 0) is 0 Å². The Balaban J connectivity index is -0.0000000200. The van der Waals surface area contributed by atoms with E-state index in [-0.39, 0.29) is 52.8 Å². The van der Waals surface area contributed by atoms with E-state index in [0.717, 1.165) is 0 Å². The Kier molecular flexibility index (Phi) is 20.5. The third-order valence-corrected chi connectivity index (χ3v) is 0. The molecule has 0 bridgehead atoms. The van der Waals surface area contributed by atoms with Gasteiger partial charge in [0.2, 0.25) is 0 Å². The second kappa shape index (κ2) is 8.84. The first-order valence-corrected chi connectivity index (χ1v) is 3.07. The number of rotatable bonds is 0. The van der Waals surface area contributed by atoms with Crippen molar-refractivity contribution in [1.82, 2.24) is 0 Å². The molecule has 0 aromatic rings. The molecular weight excluding hydrogens is 95.2 g/mol. The van der Waals surface area contributed by atoms with Gasteiger partial charge in [-0.3, -0.25) is 0 Å². The van der Waals surface area contributed by atoms with Crippen molar-refractivity contribution in [1.29, 1.82) is 0 Å². The molecule has 1 N–H and O–H groups in total. The Labute approximate surface area is 72.6 Å². The van der Waals surface area contributed by atoms with Gasteiger partial charge in [0.05, 0.1) is 0 Å². The molecule has 0 rings (SSSR count). The standard InChI is InChI=1S/CH6OSi.K.H/c1-3-2;;/h2H,3H2,1H3;;/q;+1;-1. The molecule has 0 heterocycles. The Morgan fingerprint density at radius 1 is 2.00 bits per heavy atom. The molecule has 22 valence electrons. The van der Waals surface area contributed by atoms with Gasteiger partial charge in [0, 0.05) is 0 Å². The zero-order chi connectivity index (χ0) is 2.71. The van der Waals surface area contributed by atoms with Crippen molar-refractivity contribution >= 4 is 9.76 Å². The van der Waals surface area contributed by atoms with Crippen LogP contribution in [-0.4, -0.2) is 14.6 Å². The molecule has 0 saturated heterocycles. The van der Waals surface area contributed by atoms with Crippen molar-refractivity contribution in [2.45, 2.75) is 6.55 Å². The fourth-order valence-electron chi connectivity index (χ4n) is 0. The van der Waals surface area contributed by atoms with Crippen LogP contribution < -0.4 is 51.4 Å². The fraction of sp³-hybridized carbons (Fsp3) is 1.00. The third-order valence-electron chi connectivity index (χ3n) is 0. The molecule has 0 aliphatic rings. The summed E-state index contributed by atoms with van der Waals surface area (Å²) in [7, 11) is -0.583. The van der Waals surface area contributed by atoms with Crippen molar-refractivity contribution in [3.05, 3.63) is 0 Å². The summed E-state index contributed by atoms with van der Waals surface area (Å²) in [6, 6.07) is 0. The van der Waals surface area contributed by atoms with Gasteiger partial charge < -0.3 is 6.22 Å². The van der Waals surface area contributed by atoms with E-state index in [2.05, 4.69) is 0 Å². The largest absolute Gasteiger partial charge is 1.00 e. The van der Waals surface area contributed by atoms with Crippen molar-refractivity contribution in [2.75, 3.05) is 0 Å². The molecule has 0 atom stereocenters. The summed E-state index contributed by atoms with van der Waals surface area (Å²) in [6.45, 7) is 1.82. The fourth-order valence-corrected chi connectivity index (χ4v) is 0. The smallest absolute Gasteiger partial charge is 1.00 e. The summed E-state index contributed by atoms with van der Waals surface area (Å²) >= 11 is 0. The van der Waals surface area contributed by atoms with Crippen LogP contribution >= 0.6 is 0 Å². The summed E-state index contributed by atoms with van der Waals surface area (Å²) in [4.78, 5) is 7.71. The van der Waals surface area contributed by atoms with E-state index in [0.29, 0.717) is 0 Å². The van der Waals surface area contributed by atoms with Crippen LogP contribution in [0, 0.1) is 0 Å². The van der Waals surface area contributed by atoms with Gasteiger partial charge in [-0.2, -0.15) is 0 Å². The Bertz CT molecular complexity index is 11.6. The zero-order valence-electron chi connectivity index (χ0n) is 4.15. The molecule has 0 radical (unpaired) electrons. The molecule has 0 unspecified atom stereocenters. The van der Waals surface area contributed by atoms with Crippen molar-refractivity contribution in [3.63, 3.8) is 0 Å². The average Bonchev–Trinajstić information content (AvgIpc) is 0.918. The van der Waals surface area contributed by atoms with Crippen LogP contribution in [0.1, 0.15) is 1.43 Å². The molecule has 0 aromatic heterocycles. The quantitative estimate of drug-likeness (QED) is 0.311. The number of hydrogen-bond donors (Lipinski definition) is 1. The monoisotopic (exact) mass is 102 g/mol. The summed E-state index contributed by atoms with van der Waals surface area (Å²) in [5.74, 6) is 0. The topological polar surface area (TPSA) is 20.2 Å². The van der Waals surface area contributed by atoms with Gasteiger partial charge in [0.15, 0.2) is 9.76 Å². The molecular formula is CH7KOSi. The molecule has 0 aliphatic carbocycles. The van der Waals surface area contributed by atoms with Gasteiger partial charge in [0.1, 0.15) is 0 Å². The van der Waals surface area contributed by atoms with Gasteiger partial charge in [-0.25, -0.2) is 0 Å². The van der Waals surface area contributed by atoms with E-state index in [1.165, 1.54) is 0 Å². The van der Waals surface area contributed by atoms with Gasteiger partial charge >= 0.3 is 51.4 Å². The molecule has 0 saturated carbocycles.